The second-order valence-electron chi connectivity index (χ2n) is 7.42. The number of anilines is 1. The average molecular weight is 470 g/mol. The highest BCUT2D eigenvalue weighted by atomic mass is 127. The number of guanidine groups is 1. The number of rotatable bonds is 5. The first-order chi connectivity index (χ1) is 12.1. The predicted molar refractivity (Wildman–Crippen MR) is 118 cm³/mol. The number of halogens is 1. The van der Waals surface area contributed by atoms with Crippen molar-refractivity contribution in [1.29, 1.82) is 0 Å². The zero-order chi connectivity index (χ0) is 17.7. The van der Waals surface area contributed by atoms with E-state index in [1.807, 2.05) is 26.1 Å². The molecule has 3 rings (SSSR count). The van der Waals surface area contributed by atoms with Crippen LogP contribution in [0.5, 0.6) is 0 Å². The van der Waals surface area contributed by atoms with E-state index in [1.54, 1.807) is 0 Å². The zero-order valence-corrected chi connectivity index (χ0v) is 18.2. The van der Waals surface area contributed by atoms with Gasteiger partial charge in [-0.3, -0.25) is 9.79 Å². The molecule has 1 spiro atoms. The molecule has 1 heterocycles. The Morgan fingerprint density at radius 1 is 1.23 bits per heavy atom. The van der Waals surface area contributed by atoms with E-state index in [0.717, 1.165) is 37.7 Å². The molecule has 144 valence electrons. The number of carbonyl (C=O) groups excluding carboxylic acids is 1. The van der Waals surface area contributed by atoms with Gasteiger partial charge < -0.3 is 15.5 Å². The number of amides is 1. The molecule has 0 aromatic heterocycles. The van der Waals surface area contributed by atoms with E-state index in [1.165, 1.54) is 31.2 Å². The minimum absolute atomic E-state index is 0. The molecule has 6 heteroatoms. The monoisotopic (exact) mass is 470 g/mol. The lowest BCUT2D eigenvalue weighted by atomic mass is 9.68. The molecule has 0 bridgehead atoms. The molecular formula is C20H31IN4O. The van der Waals surface area contributed by atoms with Crippen LogP contribution in [0.1, 0.15) is 51.0 Å². The van der Waals surface area contributed by atoms with E-state index >= 15 is 0 Å². The molecule has 1 amide bonds. The number of hydrogen-bond donors (Lipinski definition) is 2. The van der Waals surface area contributed by atoms with E-state index in [9.17, 15) is 4.79 Å². The summed E-state index contributed by atoms with van der Waals surface area (Å²) in [6.45, 7) is 5.02. The van der Waals surface area contributed by atoms with Gasteiger partial charge in [-0.25, -0.2) is 0 Å². The number of nitrogens with zero attached hydrogens (tertiary/aromatic N) is 2. The summed E-state index contributed by atoms with van der Waals surface area (Å²) >= 11 is 0. The normalized spacial score (nSPS) is 18.2. The number of aliphatic imine (C=N–C) groups is 1. The van der Waals surface area contributed by atoms with Crippen LogP contribution >= 0.6 is 24.0 Å². The van der Waals surface area contributed by atoms with Gasteiger partial charge in [0.05, 0.1) is 0 Å². The molecule has 2 N–H and O–H groups in total. The lowest BCUT2D eigenvalue weighted by molar-refractivity contribution is -0.116. The topological polar surface area (TPSA) is 56.7 Å². The van der Waals surface area contributed by atoms with Crippen molar-refractivity contribution in [1.82, 2.24) is 10.2 Å². The number of carbonyl (C=O) groups is 1. The summed E-state index contributed by atoms with van der Waals surface area (Å²) in [5, 5.41) is 6.40. The summed E-state index contributed by atoms with van der Waals surface area (Å²) in [4.78, 5) is 18.5. The molecule has 1 aliphatic heterocycles. The molecule has 0 unspecified atom stereocenters. The molecule has 1 saturated carbocycles. The summed E-state index contributed by atoms with van der Waals surface area (Å²) < 4.78 is 0. The SMILES string of the molecule is CCCC(=O)Nc1ccc(CNC(=NC)N2CCC3(CCC3)C2)cc1.I. The third-order valence-corrected chi connectivity index (χ3v) is 5.53. The van der Waals surface area contributed by atoms with Crippen molar-refractivity contribution in [3.63, 3.8) is 0 Å². The van der Waals surface area contributed by atoms with Gasteiger partial charge >= 0.3 is 0 Å². The maximum atomic E-state index is 11.6. The van der Waals surface area contributed by atoms with Crippen molar-refractivity contribution in [2.75, 3.05) is 25.5 Å². The molecule has 5 nitrogen and oxygen atoms in total. The van der Waals surface area contributed by atoms with Crippen LogP contribution in [0.25, 0.3) is 0 Å². The maximum absolute atomic E-state index is 11.6. The van der Waals surface area contributed by atoms with E-state index in [4.69, 9.17) is 0 Å². The number of nitrogens with one attached hydrogen (secondary N) is 2. The van der Waals surface area contributed by atoms with Crippen LogP contribution in [0.3, 0.4) is 0 Å². The van der Waals surface area contributed by atoms with E-state index in [2.05, 4.69) is 32.7 Å². The van der Waals surface area contributed by atoms with Gasteiger partial charge in [0, 0.05) is 38.8 Å². The first-order valence-electron chi connectivity index (χ1n) is 9.48. The van der Waals surface area contributed by atoms with Crippen molar-refractivity contribution in [2.24, 2.45) is 10.4 Å². The Balaban J connectivity index is 0.00000243. The highest BCUT2D eigenvalue weighted by Crippen LogP contribution is 2.47. The minimum atomic E-state index is 0. The van der Waals surface area contributed by atoms with Crippen LogP contribution in [-0.2, 0) is 11.3 Å². The Morgan fingerprint density at radius 3 is 2.50 bits per heavy atom. The summed E-state index contributed by atoms with van der Waals surface area (Å²) in [6.07, 6.45) is 6.89. The number of benzene rings is 1. The Kier molecular flexibility index (Phi) is 7.73. The molecule has 0 atom stereocenters. The predicted octanol–water partition coefficient (Wildman–Crippen LogP) is 3.99. The van der Waals surface area contributed by atoms with Gasteiger partial charge in [0.1, 0.15) is 0 Å². The lowest BCUT2D eigenvalue weighted by Crippen LogP contribution is -2.42. The quantitative estimate of drug-likeness (QED) is 0.389. The van der Waals surface area contributed by atoms with Crippen LogP contribution in [0, 0.1) is 5.41 Å². The third-order valence-electron chi connectivity index (χ3n) is 5.53. The molecule has 2 aliphatic rings. The molecule has 1 aliphatic carbocycles. The van der Waals surface area contributed by atoms with Gasteiger partial charge in [-0.1, -0.05) is 25.5 Å². The van der Waals surface area contributed by atoms with Crippen molar-refractivity contribution in [3.8, 4) is 0 Å². The Labute approximate surface area is 174 Å². The van der Waals surface area contributed by atoms with Gasteiger partial charge in [-0.2, -0.15) is 0 Å². The molecule has 1 aromatic carbocycles. The zero-order valence-electron chi connectivity index (χ0n) is 15.9. The van der Waals surface area contributed by atoms with Crippen LogP contribution in [0.4, 0.5) is 5.69 Å². The second-order valence-corrected chi connectivity index (χ2v) is 7.42. The largest absolute Gasteiger partial charge is 0.352 e. The number of hydrogen-bond acceptors (Lipinski definition) is 2. The van der Waals surface area contributed by atoms with Gasteiger partial charge in [-0.05, 0) is 48.8 Å². The number of likely N-dealkylation sites (tertiary alicyclic amines) is 1. The highest BCUT2D eigenvalue weighted by Gasteiger charge is 2.43. The van der Waals surface area contributed by atoms with Gasteiger partial charge in [0.25, 0.3) is 0 Å². The van der Waals surface area contributed by atoms with Crippen molar-refractivity contribution in [3.05, 3.63) is 29.8 Å². The fourth-order valence-electron chi connectivity index (χ4n) is 3.87. The van der Waals surface area contributed by atoms with Gasteiger partial charge in [0.2, 0.25) is 5.91 Å². The molecule has 0 radical (unpaired) electrons. The van der Waals surface area contributed by atoms with Crippen molar-refractivity contribution in [2.45, 2.75) is 52.0 Å². The molecule has 1 aromatic rings. The Hall–Kier alpha value is -1.31. The van der Waals surface area contributed by atoms with Crippen LogP contribution in [0.2, 0.25) is 0 Å². The van der Waals surface area contributed by atoms with E-state index < -0.39 is 0 Å². The fourth-order valence-corrected chi connectivity index (χ4v) is 3.87. The average Bonchev–Trinajstić information content (AvgIpc) is 3.03. The fraction of sp³-hybridized carbons (Fsp3) is 0.600. The molecular weight excluding hydrogens is 439 g/mol. The standard InChI is InChI=1S/C20H30N4O.HI/c1-3-5-18(25)23-17-8-6-16(7-9-17)14-22-19(21-2)24-13-12-20(15-24)10-4-11-20;/h6-9H,3-5,10-15H2,1-2H3,(H,21,22)(H,23,25);1H. The van der Waals surface area contributed by atoms with E-state index in [0.29, 0.717) is 11.8 Å². The van der Waals surface area contributed by atoms with Crippen molar-refractivity contribution < 1.29 is 4.79 Å². The summed E-state index contributed by atoms with van der Waals surface area (Å²) in [5.41, 5.74) is 2.63. The van der Waals surface area contributed by atoms with Gasteiger partial charge in [0.15, 0.2) is 5.96 Å². The Morgan fingerprint density at radius 2 is 1.96 bits per heavy atom. The first-order valence-corrected chi connectivity index (χ1v) is 9.48. The molecule has 2 fully saturated rings. The Bertz CT molecular complexity index is 625. The van der Waals surface area contributed by atoms with Gasteiger partial charge in [-0.15, -0.1) is 24.0 Å². The maximum Gasteiger partial charge on any atom is 0.224 e. The van der Waals surface area contributed by atoms with Crippen molar-refractivity contribution >= 4 is 41.5 Å². The first kappa shape index (κ1) is 21.0. The van der Waals surface area contributed by atoms with Crippen LogP contribution in [-0.4, -0.2) is 36.9 Å². The highest BCUT2D eigenvalue weighted by molar-refractivity contribution is 14.0. The smallest absolute Gasteiger partial charge is 0.224 e. The summed E-state index contributed by atoms with van der Waals surface area (Å²) in [7, 11) is 1.86. The lowest BCUT2D eigenvalue weighted by Gasteiger charge is -2.38. The molecule has 1 saturated heterocycles. The van der Waals surface area contributed by atoms with E-state index in [-0.39, 0.29) is 29.9 Å². The summed E-state index contributed by atoms with van der Waals surface area (Å²) in [5.74, 6) is 1.08. The van der Waals surface area contributed by atoms with Crippen LogP contribution in [0.15, 0.2) is 29.3 Å². The van der Waals surface area contributed by atoms with Crippen LogP contribution < -0.4 is 10.6 Å². The molecule has 26 heavy (non-hydrogen) atoms. The second kappa shape index (κ2) is 9.58. The minimum Gasteiger partial charge on any atom is -0.352 e. The summed E-state index contributed by atoms with van der Waals surface area (Å²) in [6, 6.07) is 8.04. The third kappa shape index (κ3) is 5.11.